The molecule has 0 saturated carbocycles. The molecule has 5 N–H and O–H groups in total. The quantitative estimate of drug-likeness (QED) is 0.305. The first-order chi connectivity index (χ1) is 18.1. The van der Waals surface area contributed by atoms with Gasteiger partial charge in [0.2, 0.25) is 15.9 Å². The van der Waals surface area contributed by atoms with Crippen LogP contribution in [0.2, 0.25) is 0 Å². The number of carbonyl (C=O) groups excluding carboxylic acids is 2. The van der Waals surface area contributed by atoms with Crippen LogP contribution in [0.4, 0.5) is 11.4 Å². The summed E-state index contributed by atoms with van der Waals surface area (Å²) in [6.45, 7) is 3.96. The number of carbonyl (C=O) groups is 2. The van der Waals surface area contributed by atoms with E-state index in [1.165, 1.54) is 23.1 Å². The van der Waals surface area contributed by atoms with Gasteiger partial charge in [-0.15, -0.1) is 4.40 Å². The van der Waals surface area contributed by atoms with Crippen LogP contribution in [-0.4, -0.2) is 65.4 Å². The van der Waals surface area contributed by atoms with Crippen molar-refractivity contribution < 1.29 is 32.2 Å². The van der Waals surface area contributed by atoms with Crippen molar-refractivity contribution in [2.45, 2.75) is 37.0 Å². The third-order valence-electron chi connectivity index (χ3n) is 6.65. The van der Waals surface area contributed by atoms with E-state index in [9.17, 15) is 32.2 Å². The molecule has 0 fully saturated rings. The van der Waals surface area contributed by atoms with E-state index >= 15 is 0 Å². The molecule has 1 unspecified atom stereocenters. The monoisotopic (exact) mass is 576 g/mol. The lowest BCUT2D eigenvalue weighted by Crippen LogP contribution is -2.53. The zero-order valence-corrected chi connectivity index (χ0v) is 23.9. The second kappa shape index (κ2) is 9.97. The summed E-state index contributed by atoms with van der Waals surface area (Å²) in [4.78, 5) is 29.4. The van der Waals surface area contributed by atoms with Crippen LogP contribution in [0.3, 0.4) is 0 Å². The van der Waals surface area contributed by atoms with Gasteiger partial charge in [-0.3, -0.25) is 23.4 Å². The van der Waals surface area contributed by atoms with Gasteiger partial charge in [0.25, 0.3) is 0 Å². The van der Waals surface area contributed by atoms with Crippen molar-refractivity contribution in [3.63, 3.8) is 0 Å². The number of likely N-dealkylation sites (N-methyl/N-ethyl adjacent to an activating group) is 1. The Morgan fingerprint density at radius 3 is 2.46 bits per heavy atom. The molecule has 1 heterocycles. The lowest BCUT2D eigenvalue weighted by atomic mass is 9.64. The summed E-state index contributed by atoms with van der Waals surface area (Å²) < 4.78 is 51.5. The molecule has 39 heavy (non-hydrogen) atoms. The van der Waals surface area contributed by atoms with Crippen LogP contribution in [0.25, 0.3) is 5.76 Å². The number of fused-ring (bicyclic) bond motifs is 2. The Morgan fingerprint density at radius 1 is 1.18 bits per heavy atom. The highest BCUT2D eigenvalue weighted by atomic mass is 32.3. The van der Waals surface area contributed by atoms with Gasteiger partial charge in [0.15, 0.2) is 11.6 Å². The average Bonchev–Trinajstić information content (AvgIpc) is 2.83. The van der Waals surface area contributed by atoms with Crippen molar-refractivity contribution in [3.8, 4) is 0 Å². The fourth-order valence-electron chi connectivity index (χ4n) is 4.88. The Bertz CT molecular complexity index is 1530. The molecule has 210 valence electrons. The van der Waals surface area contributed by atoms with Gasteiger partial charge in [0.1, 0.15) is 21.6 Å². The van der Waals surface area contributed by atoms with Crippen molar-refractivity contribution in [2.75, 3.05) is 30.4 Å². The first kappa shape index (κ1) is 28.6. The molecule has 1 amide bonds. The minimum absolute atomic E-state index is 0.0886. The first-order valence-corrected chi connectivity index (χ1v) is 15.5. The van der Waals surface area contributed by atoms with Crippen LogP contribution in [-0.2, 0) is 25.0 Å². The van der Waals surface area contributed by atoms with Crippen molar-refractivity contribution in [2.24, 2.45) is 10.3 Å². The highest BCUT2D eigenvalue weighted by molar-refractivity contribution is 8.23. The van der Waals surface area contributed by atoms with Crippen LogP contribution < -0.4 is 10.0 Å². The third kappa shape index (κ3) is 5.14. The van der Waals surface area contributed by atoms with E-state index in [1.807, 2.05) is 13.8 Å². The van der Waals surface area contributed by atoms with Crippen molar-refractivity contribution in [1.29, 1.82) is 0 Å². The van der Waals surface area contributed by atoms with Crippen LogP contribution in [0, 0.1) is 5.92 Å². The number of hydrogen-bond acceptors (Lipinski definition) is 9. The zero-order chi connectivity index (χ0) is 28.9. The summed E-state index contributed by atoms with van der Waals surface area (Å²) in [5.74, 6) is -1.76. The highest BCUT2D eigenvalue weighted by Gasteiger charge is 2.55. The number of anilines is 2. The minimum atomic E-state index is -3.94. The fraction of sp³-hybridized carbons (Fsp3) is 0.346. The number of rotatable bonds is 7. The number of aliphatic hydroxyl groups excluding tert-OH is 1. The summed E-state index contributed by atoms with van der Waals surface area (Å²) in [5.41, 5.74) is -1.14. The second-order valence-corrected chi connectivity index (χ2v) is 13.7. The number of amidine groups is 1. The third-order valence-corrected chi connectivity index (χ3v) is 8.62. The molecular formula is C26H32N4O7S2. The molecule has 0 radical (unpaired) electrons. The maximum Gasteiger partial charge on any atom is 0.240 e. The average molecular weight is 577 g/mol. The summed E-state index contributed by atoms with van der Waals surface area (Å²) >= 11 is 0. The van der Waals surface area contributed by atoms with Crippen molar-refractivity contribution in [3.05, 3.63) is 59.2 Å². The van der Waals surface area contributed by atoms with Gasteiger partial charge in [-0.05, 0) is 42.5 Å². The lowest BCUT2D eigenvalue weighted by molar-refractivity contribution is -0.141. The Morgan fingerprint density at radius 2 is 1.85 bits per heavy atom. The van der Waals surface area contributed by atoms with E-state index in [4.69, 9.17) is 0 Å². The molecule has 0 bridgehead atoms. The van der Waals surface area contributed by atoms with Gasteiger partial charge in [0, 0.05) is 19.7 Å². The molecule has 4 rings (SSSR count). The molecule has 0 aromatic heterocycles. The molecule has 2 aromatic carbocycles. The molecule has 2 aliphatic rings. The molecule has 13 heteroatoms. The normalized spacial score (nSPS) is 20.9. The molecule has 0 spiro atoms. The van der Waals surface area contributed by atoms with Gasteiger partial charge in [-0.1, -0.05) is 48.9 Å². The van der Waals surface area contributed by atoms with Gasteiger partial charge in [-0.25, -0.2) is 8.42 Å². The maximum atomic E-state index is 14.4. The Labute approximate surface area is 229 Å². The largest absolute Gasteiger partial charge is 0.506 e. The minimum Gasteiger partial charge on any atom is -0.506 e. The van der Waals surface area contributed by atoms with E-state index in [1.54, 1.807) is 38.4 Å². The van der Waals surface area contributed by atoms with Gasteiger partial charge >= 0.3 is 0 Å². The smallest absolute Gasteiger partial charge is 0.240 e. The summed E-state index contributed by atoms with van der Waals surface area (Å²) in [6.07, 6.45) is 1.65. The Balaban J connectivity index is 1.91. The number of benzene rings is 2. The molecule has 2 aromatic rings. The Kier molecular flexibility index (Phi) is 7.32. The summed E-state index contributed by atoms with van der Waals surface area (Å²) in [5, 5.41) is 14.2. The summed E-state index contributed by atoms with van der Waals surface area (Å²) in [6, 6.07) is 10.7. The van der Waals surface area contributed by atoms with Gasteiger partial charge < -0.3 is 15.3 Å². The number of nitrogens with one attached hydrogen (secondary N) is 2. The topological polar surface area (TPSA) is 169 Å². The number of aliphatic hydroxyl groups is 1. The number of ketones is 1. The molecule has 1 atom stereocenters. The molecule has 0 saturated heterocycles. The van der Waals surface area contributed by atoms with E-state index in [-0.39, 0.29) is 45.6 Å². The van der Waals surface area contributed by atoms with Crippen molar-refractivity contribution >= 4 is 55.5 Å². The fourth-order valence-corrected chi connectivity index (χ4v) is 6.62. The molecule has 11 nitrogen and oxygen atoms in total. The van der Waals surface area contributed by atoms with Crippen LogP contribution in [0.5, 0.6) is 0 Å². The molecular weight excluding hydrogens is 544 g/mol. The predicted molar refractivity (Wildman–Crippen MR) is 153 cm³/mol. The van der Waals surface area contributed by atoms with E-state index in [0.29, 0.717) is 12.0 Å². The number of Topliss-reactive ketones (excluding diaryl/α,β-unsaturated/α-hetero) is 1. The SMILES string of the molecule is CC(C)CCC1(C(=O)N(C)C)C(=O)C(C2=NS(O)(O)c3cc(NS(C)(=O)=O)ccc3N2)=C(O)c2ccccc21. The predicted octanol–water partition coefficient (Wildman–Crippen LogP) is 4.22. The second-order valence-electron chi connectivity index (χ2n) is 10.3. The number of nitrogens with zero attached hydrogens (tertiary/aromatic N) is 2. The summed E-state index contributed by atoms with van der Waals surface area (Å²) in [7, 11) is -4.47. The lowest BCUT2D eigenvalue weighted by Gasteiger charge is -2.40. The van der Waals surface area contributed by atoms with E-state index in [0.717, 1.165) is 6.26 Å². The maximum absolute atomic E-state index is 14.4. The molecule has 1 aliphatic carbocycles. The van der Waals surface area contributed by atoms with E-state index in [2.05, 4.69) is 14.4 Å². The van der Waals surface area contributed by atoms with Crippen LogP contribution >= 0.6 is 10.8 Å². The van der Waals surface area contributed by atoms with E-state index < -0.39 is 43.7 Å². The number of hydrogen-bond donors (Lipinski definition) is 5. The highest BCUT2D eigenvalue weighted by Crippen LogP contribution is 2.57. The van der Waals surface area contributed by atoms with Gasteiger partial charge in [0.05, 0.1) is 17.6 Å². The number of amides is 1. The van der Waals surface area contributed by atoms with Gasteiger partial charge in [-0.2, -0.15) is 0 Å². The van der Waals surface area contributed by atoms with Crippen LogP contribution in [0.15, 0.2) is 57.3 Å². The van der Waals surface area contributed by atoms with Crippen LogP contribution in [0.1, 0.15) is 37.8 Å². The first-order valence-electron chi connectivity index (χ1n) is 12.2. The number of sulfonamides is 1. The molecule has 1 aliphatic heterocycles. The Hall–Kier alpha value is -3.39. The standard InChI is InChI=1S/C26H32N4O7S2/c1-15(2)12-13-26(25(33)30(3)4)18-9-7-6-8-17(18)22(31)21(23(26)32)24-27-19-11-10-16(28-38(5,34)35)14-20(19)39(36,37)29-24/h6-11,14-15,28,31,36-37H,12-13H2,1-5H3,(H,27,29). The van der Waals surface area contributed by atoms with Crippen molar-refractivity contribution in [1.82, 2.24) is 4.90 Å². The zero-order valence-electron chi connectivity index (χ0n) is 22.2.